The highest BCUT2D eigenvalue weighted by molar-refractivity contribution is 7.93. The smallest absolute Gasteiger partial charge is 0.263 e. The van der Waals surface area contributed by atoms with E-state index in [2.05, 4.69) is 9.82 Å². The maximum atomic E-state index is 13.1. The van der Waals surface area contributed by atoms with Crippen molar-refractivity contribution in [2.75, 3.05) is 4.72 Å². The number of halogens is 2. The summed E-state index contributed by atoms with van der Waals surface area (Å²) in [7, 11) is -6.53. The van der Waals surface area contributed by atoms with Gasteiger partial charge in [0.1, 0.15) is 14.8 Å². The second-order valence-corrected chi connectivity index (χ2v) is 13.1. The molecule has 1 aliphatic rings. The Labute approximate surface area is 217 Å². The van der Waals surface area contributed by atoms with E-state index in [1.807, 2.05) is 0 Å². The van der Waals surface area contributed by atoms with E-state index in [9.17, 15) is 16.8 Å². The quantitative estimate of drug-likeness (QED) is 0.455. The molecule has 0 atom stereocenters. The van der Waals surface area contributed by atoms with Crippen LogP contribution in [-0.4, -0.2) is 32.7 Å². The molecule has 1 saturated carbocycles. The standard InChI is InChI=1S/C21H23Cl2N5O4S3/c1-28-21(25-14-5-3-2-4-6-14)33-20(26-28)13-7-9-17(23)19(11-13)35(31,32)27-15-8-10-16(22)18(12-15)34(24,29)30/h7-12,14,27H,2-6H2,1H3,(H2,24,29,30). The first-order chi connectivity index (χ1) is 16.4. The van der Waals surface area contributed by atoms with Crippen LogP contribution >= 0.6 is 34.5 Å². The van der Waals surface area contributed by atoms with Crippen molar-refractivity contribution in [2.24, 2.45) is 17.2 Å². The van der Waals surface area contributed by atoms with Crippen LogP contribution in [0.25, 0.3) is 10.6 Å². The molecule has 1 aliphatic carbocycles. The SMILES string of the molecule is Cn1nc(-c2ccc(Cl)c(S(=O)(=O)Nc3ccc(Cl)c(S(N)(=O)=O)c3)c2)sc1=NC1CCCCC1. The van der Waals surface area contributed by atoms with Crippen LogP contribution in [0.2, 0.25) is 10.0 Å². The van der Waals surface area contributed by atoms with Crippen molar-refractivity contribution in [1.82, 2.24) is 9.78 Å². The molecule has 35 heavy (non-hydrogen) atoms. The van der Waals surface area contributed by atoms with E-state index in [4.69, 9.17) is 33.3 Å². The van der Waals surface area contributed by atoms with Crippen molar-refractivity contribution >= 4 is 60.3 Å². The third-order valence-electron chi connectivity index (χ3n) is 5.53. The molecule has 188 valence electrons. The fourth-order valence-electron chi connectivity index (χ4n) is 3.78. The van der Waals surface area contributed by atoms with Crippen molar-refractivity contribution < 1.29 is 16.8 Å². The minimum Gasteiger partial charge on any atom is -0.280 e. The molecular weight excluding hydrogens is 553 g/mol. The number of hydrogen-bond donors (Lipinski definition) is 2. The number of nitrogens with one attached hydrogen (secondary N) is 1. The van der Waals surface area contributed by atoms with E-state index in [0.717, 1.165) is 23.7 Å². The zero-order chi connectivity index (χ0) is 25.4. The Morgan fingerprint density at radius 3 is 2.37 bits per heavy atom. The summed E-state index contributed by atoms with van der Waals surface area (Å²) < 4.78 is 53.8. The fourth-order valence-corrected chi connectivity index (χ4v) is 7.39. The Morgan fingerprint density at radius 1 is 1.03 bits per heavy atom. The second kappa shape index (κ2) is 10.2. The lowest BCUT2D eigenvalue weighted by Crippen LogP contribution is -2.18. The van der Waals surface area contributed by atoms with Gasteiger partial charge in [-0.2, -0.15) is 5.10 Å². The van der Waals surface area contributed by atoms with Crippen LogP contribution in [0.4, 0.5) is 5.69 Å². The first kappa shape index (κ1) is 26.1. The number of sulfonamides is 2. The molecule has 9 nitrogen and oxygen atoms in total. The van der Waals surface area contributed by atoms with E-state index < -0.39 is 24.9 Å². The lowest BCUT2D eigenvalue weighted by atomic mass is 9.96. The van der Waals surface area contributed by atoms with Crippen LogP contribution < -0.4 is 14.7 Å². The first-order valence-corrected chi connectivity index (χ1v) is 15.3. The average molecular weight is 577 g/mol. The number of primary sulfonamides is 1. The topological polar surface area (TPSA) is 137 Å². The van der Waals surface area contributed by atoms with Crippen molar-refractivity contribution in [3.63, 3.8) is 0 Å². The summed E-state index contributed by atoms with van der Waals surface area (Å²) in [6.45, 7) is 0. The Kier molecular flexibility index (Phi) is 7.60. The second-order valence-electron chi connectivity index (χ2n) is 8.18. The molecule has 3 aromatic rings. The lowest BCUT2D eigenvalue weighted by molar-refractivity contribution is 0.434. The van der Waals surface area contributed by atoms with Gasteiger partial charge in [-0.05, 0) is 43.2 Å². The molecule has 0 radical (unpaired) electrons. The molecule has 0 bridgehead atoms. The van der Waals surface area contributed by atoms with Crippen LogP contribution in [0.5, 0.6) is 0 Å². The zero-order valence-corrected chi connectivity index (χ0v) is 22.6. The molecule has 3 N–H and O–H groups in total. The van der Waals surface area contributed by atoms with Crippen LogP contribution in [0.1, 0.15) is 32.1 Å². The maximum Gasteiger partial charge on any atom is 0.263 e. The molecule has 1 aromatic heterocycles. The predicted molar refractivity (Wildman–Crippen MR) is 138 cm³/mol. The van der Waals surface area contributed by atoms with Crippen LogP contribution in [-0.2, 0) is 27.1 Å². The Bertz CT molecular complexity index is 1540. The highest BCUT2D eigenvalue weighted by Crippen LogP contribution is 2.31. The van der Waals surface area contributed by atoms with Crippen molar-refractivity contribution in [2.45, 2.75) is 47.9 Å². The summed E-state index contributed by atoms with van der Waals surface area (Å²) >= 11 is 13.5. The first-order valence-electron chi connectivity index (χ1n) is 10.7. The van der Waals surface area contributed by atoms with Crippen molar-refractivity contribution in [1.29, 1.82) is 0 Å². The molecular formula is C21H23Cl2N5O4S3. The summed E-state index contributed by atoms with van der Waals surface area (Å²) in [6, 6.07) is 8.47. The van der Waals surface area contributed by atoms with Crippen LogP contribution in [0, 0.1) is 0 Å². The highest BCUT2D eigenvalue weighted by Gasteiger charge is 2.22. The van der Waals surface area contributed by atoms with E-state index in [0.29, 0.717) is 10.6 Å². The number of nitrogens with two attached hydrogens (primary N) is 1. The largest absolute Gasteiger partial charge is 0.280 e. The molecule has 0 spiro atoms. The monoisotopic (exact) mass is 575 g/mol. The van der Waals surface area contributed by atoms with Crippen molar-refractivity contribution in [3.8, 4) is 10.6 Å². The minimum atomic E-state index is -4.19. The molecule has 1 heterocycles. The van der Waals surface area contributed by atoms with E-state index in [-0.39, 0.29) is 26.7 Å². The van der Waals surface area contributed by atoms with Gasteiger partial charge in [0.2, 0.25) is 14.8 Å². The van der Waals surface area contributed by atoms with Gasteiger partial charge in [-0.1, -0.05) is 59.9 Å². The number of aromatic nitrogens is 2. The number of benzene rings is 2. The number of aryl methyl sites for hydroxylation is 1. The van der Waals surface area contributed by atoms with Crippen LogP contribution in [0.15, 0.2) is 51.2 Å². The predicted octanol–water partition coefficient (Wildman–Crippen LogP) is 4.14. The summed E-state index contributed by atoms with van der Waals surface area (Å²) in [5.41, 5.74) is 0.524. The Morgan fingerprint density at radius 2 is 1.69 bits per heavy atom. The summed E-state index contributed by atoms with van der Waals surface area (Å²) in [6.07, 6.45) is 5.68. The van der Waals surface area contributed by atoms with Gasteiger partial charge in [0.25, 0.3) is 10.0 Å². The Balaban J connectivity index is 1.67. The van der Waals surface area contributed by atoms with E-state index in [1.54, 1.807) is 17.8 Å². The van der Waals surface area contributed by atoms with Gasteiger partial charge in [0.15, 0.2) is 0 Å². The van der Waals surface area contributed by atoms with Crippen LogP contribution in [0.3, 0.4) is 0 Å². The molecule has 2 aromatic carbocycles. The van der Waals surface area contributed by atoms with E-state index in [1.165, 1.54) is 54.9 Å². The molecule has 0 amide bonds. The van der Waals surface area contributed by atoms with Gasteiger partial charge in [0, 0.05) is 12.6 Å². The van der Waals surface area contributed by atoms with Gasteiger partial charge >= 0.3 is 0 Å². The highest BCUT2D eigenvalue weighted by atomic mass is 35.5. The number of nitrogens with zero attached hydrogens (tertiary/aromatic N) is 3. The van der Waals surface area contributed by atoms with Gasteiger partial charge in [-0.25, -0.2) is 26.7 Å². The Hall–Kier alpha value is -1.96. The number of anilines is 1. The molecule has 1 fully saturated rings. The summed E-state index contributed by atoms with van der Waals surface area (Å²) in [4.78, 5) is 5.01. The van der Waals surface area contributed by atoms with E-state index >= 15 is 0 Å². The summed E-state index contributed by atoms with van der Waals surface area (Å²) in [5, 5.41) is 10.1. The minimum absolute atomic E-state index is 0.00469. The van der Waals surface area contributed by atoms with Gasteiger partial charge in [0.05, 0.1) is 21.8 Å². The molecule has 4 rings (SSSR count). The van der Waals surface area contributed by atoms with Crippen molar-refractivity contribution in [3.05, 3.63) is 51.2 Å². The average Bonchev–Trinajstić information content (AvgIpc) is 3.15. The number of rotatable bonds is 6. The summed E-state index contributed by atoms with van der Waals surface area (Å²) in [5.74, 6) is 0. The maximum absolute atomic E-state index is 13.1. The molecule has 14 heteroatoms. The zero-order valence-electron chi connectivity index (χ0n) is 18.6. The van der Waals surface area contributed by atoms with Gasteiger partial charge in [-0.15, -0.1) is 0 Å². The molecule has 0 saturated heterocycles. The third-order valence-corrected chi connectivity index (χ3v) is 9.85. The fraction of sp³-hybridized carbons (Fsp3) is 0.333. The van der Waals surface area contributed by atoms with Gasteiger partial charge in [-0.3, -0.25) is 9.71 Å². The molecule has 0 unspecified atom stereocenters. The molecule has 0 aliphatic heterocycles. The normalized spacial score (nSPS) is 15.9. The third kappa shape index (κ3) is 6.07. The lowest BCUT2D eigenvalue weighted by Gasteiger charge is -2.16. The van der Waals surface area contributed by atoms with Gasteiger partial charge < -0.3 is 0 Å². The number of hydrogen-bond acceptors (Lipinski definition) is 7.